The van der Waals surface area contributed by atoms with E-state index in [2.05, 4.69) is 36.7 Å². The van der Waals surface area contributed by atoms with Gasteiger partial charge in [-0.3, -0.25) is 28.5 Å². The van der Waals surface area contributed by atoms with Gasteiger partial charge < -0.3 is 5.11 Å². The molecule has 7 rings (SSSR count). The highest BCUT2D eigenvalue weighted by atomic mass is 79.9. The Bertz CT molecular complexity index is 2550. The van der Waals surface area contributed by atoms with E-state index in [-0.39, 0.29) is 22.6 Å². The van der Waals surface area contributed by atoms with Gasteiger partial charge in [0.05, 0.1) is 10.9 Å². The van der Waals surface area contributed by atoms with Gasteiger partial charge in [0.15, 0.2) is 0 Å². The highest BCUT2D eigenvalue weighted by Crippen LogP contribution is 2.48. The normalized spacial score (nSPS) is 12.8. The average molecular weight is 737 g/mol. The van der Waals surface area contributed by atoms with E-state index in [1.165, 1.54) is 9.13 Å². The standard InChI is InChI=1S/C42H46BrN3O4/c1-4-7-10-13-20-44-32-24-30-34-28(40(48)46(42(30)50)22-15-12-9-6-3)18-16-25-35-31(43)23-29-33-27(19-17-26(37(33)35)36(32)38(25)34)39(47)45(41(29)49)21-14-11-8-5-2/h16-19,23-24,49H,4-15,20-22H2,1-3H3. The van der Waals surface area contributed by atoms with Crippen molar-refractivity contribution >= 4 is 69.8 Å². The third-order valence-corrected chi connectivity index (χ3v) is 11.3. The molecule has 1 aromatic heterocycles. The van der Waals surface area contributed by atoms with E-state index in [1.54, 1.807) is 0 Å². The van der Waals surface area contributed by atoms with Crippen molar-refractivity contribution in [3.8, 4) is 17.0 Å². The quantitative estimate of drug-likeness (QED) is 0.0645. The number of nitrogens with zero attached hydrogens (tertiary/aromatic N) is 3. The molecule has 2 heterocycles. The molecule has 260 valence electrons. The maximum Gasteiger partial charge on any atom is 0.261 e. The first-order valence-electron chi connectivity index (χ1n) is 18.7. The summed E-state index contributed by atoms with van der Waals surface area (Å²) in [6, 6.07) is 11.6. The number of hydrogen-bond acceptors (Lipinski definition) is 5. The van der Waals surface area contributed by atoms with Gasteiger partial charge in [-0.1, -0.05) is 107 Å². The van der Waals surface area contributed by atoms with Crippen LogP contribution in [0.25, 0.3) is 65.0 Å². The van der Waals surface area contributed by atoms with Crippen molar-refractivity contribution in [1.82, 2.24) is 9.13 Å². The van der Waals surface area contributed by atoms with Gasteiger partial charge in [-0.05, 0) is 54.3 Å². The number of aromatic nitrogens is 2. The molecular weight excluding hydrogens is 690 g/mol. The average Bonchev–Trinajstić information content (AvgIpc) is 3.12. The second kappa shape index (κ2) is 14.3. The van der Waals surface area contributed by atoms with Gasteiger partial charge in [0.2, 0.25) is 5.88 Å². The molecule has 0 saturated carbocycles. The van der Waals surface area contributed by atoms with Crippen LogP contribution in [-0.2, 0) is 13.1 Å². The smallest absolute Gasteiger partial charge is 0.261 e. The third-order valence-electron chi connectivity index (χ3n) is 10.7. The minimum absolute atomic E-state index is 0.0181. The molecule has 0 saturated heterocycles. The van der Waals surface area contributed by atoms with E-state index in [1.807, 2.05) is 36.4 Å². The van der Waals surface area contributed by atoms with Crippen molar-refractivity contribution in [2.24, 2.45) is 4.99 Å². The van der Waals surface area contributed by atoms with E-state index in [0.717, 1.165) is 125 Å². The first-order valence-corrected chi connectivity index (χ1v) is 19.5. The minimum Gasteiger partial charge on any atom is -0.494 e. The number of aromatic hydroxyl groups is 1. The van der Waals surface area contributed by atoms with Crippen LogP contribution in [0.4, 0.5) is 0 Å². The maximum atomic E-state index is 14.2. The van der Waals surface area contributed by atoms with Gasteiger partial charge in [0.25, 0.3) is 16.7 Å². The molecule has 0 amide bonds. The number of benzene rings is 5. The largest absolute Gasteiger partial charge is 0.494 e. The molecule has 0 bridgehead atoms. The molecule has 0 fully saturated rings. The van der Waals surface area contributed by atoms with Crippen LogP contribution < -0.4 is 22.0 Å². The fourth-order valence-electron chi connectivity index (χ4n) is 8.17. The van der Waals surface area contributed by atoms with Crippen molar-refractivity contribution < 1.29 is 5.11 Å². The lowest BCUT2D eigenvalue weighted by molar-refractivity contribution is 0.407. The first kappa shape index (κ1) is 34.4. The SMILES string of the molecule is CCCCCCN=c1cc2c(=O)n(CCCCCC)c(=O)c3ccc4c(c3-2)c1c1ccc2c(=O)n(CCCCCC)c(O)c3cc(Br)c4c1c32. The molecule has 0 atom stereocenters. The molecule has 0 unspecified atom stereocenters. The van der Waals surface area contributed by atoms with Gasteiger partial charge in [-0.15, -0.1) is 0 Å². The topological polar surface area (TPSA) is 93.7 Å². The minimum atomic E-state index is -0.260. The maximum absolute atomic E-state index is 14.2. The van der Waals surface area contributed by atoms with E-state index in [0.29, 0.717) is 46.9 Å². The van der Waals surface area contributed by atoms with Crippen LogP contribution in [0.3, 0.4) is 0 Å². The summed E-state index contributed by atoms with van der Waals surface area (Å²) in [5.41, 5.74) is 0.493. The predicted octanol–water partition coefficient (Wildman–Crippen LogP) is 9.66. The summed E-state index contributed by atoms with van der Waals surface area (Å²) in [6.07, 6.45) is 12.2. The highest BCUT2D eigenvalue weighted by Gasteiger charge is 2.28. The molecule has 8 heteroatoms. The number of hydrogen-bond donors (Lipinski definition) is 1. The molecule has 1 N–H and O–H groups in total. The van der Waals surface area contributed by atoms with Crippen LogP contribution in [0, 0.1) is 0 Å². The molecular formula is C42H46BrN3O4. The lowest BCUT2D eigenvalue weighted by Crippen LogP contribution is -2.36. The fraction of sp³-hybridized carbons (Fsp3) is 0.429. The van der Waals surface area contributed by atoms with Gasteiger partial charge in [0, 0.05) is 72.8 Å². The Morgan fingerprint density at radius 2 is 1.16 bits per heavy atom. The first-order chi connectivity index (χ1) is 24.3. The molecule has 7 nitrogen and oxygen atoms in total. The van der Waals surface area contributed by atoms with Crippen molar-refractivity contribution in [2.75, 3.05) is 6.54 Å². The summed E-state index contributed by atoms with van der Waals surface area (Å²) >= 11 is 3.87. The van der Waals surface area contributed by atoms with Crippen LogP contribution in [0.5, 0.6) is 5.88 Å². The monoisotopic (exact) mass is 735 g/mol. The third kappa shape index (κ3) is 5.55. The van der Waals surface area contributed by atoms with E-state index < -0.39 is 0 Å². The number of fused-ring (bicyclic) bond motifs is 2. The summed E-state index contributed by atoms with van der Waals surface area (Å²) in [7, 11) is 0. The summed E-state index contributed by atoms with van der Waals surface area (Å²) < 4.78 is 3.72. The summed E-state index contributed by atoms with van der Waals surface area (Å²) in [4.78, 5) is 47.4. The Morgan fingerprint density at radius 3 is 1.84 bits per heavy atom. The van der Waals surface area contributed by atoms with Crippen LogP contribution in [-0.4, -0.2) is 20.8 Å². The Balaban J connectivity index is 1.59. The van der Waals surface area contributed by atoms with E-state index >= 15 is 0 Å². The van der Waals surface area contributed by atoms with E-state index in [4.69, 9.17) is 4.99 Å². The van der Waals surface area contributed by atoms with Crippen molar-refractivity contribution in [2.45, 2.75) is 111 Å². The number of rotatable bonds is 15. The van der Waals surface area contributed by atoms with Gasteiger partial charge >= 0.3 is 0 Å². The molecule has 5 aromatic rings. The van der Waals surface area contributed by atoms with Crippen molar-refractivity contribution in [3.63, 3.8) is 0 Å². The van der Waals surface area contributed by atoms with E-state index in [9.17, 15) is 19.5 Å². The highest BCUT2D eigenvalue weighted by molar-refractivity contribution is 9.10. The van der Waals surface area contributed by atoms with Crippen molar-refractivity contribution in [3.05, 3.63) is 77.3 Å². The van der Waals surface area contributed by atoms with Gasteiger partial charge in [0.1, 0.15) is 0 Å². The number of halogens is 1. The molecule has 1 aliphatic heterocycles. The Hall–Kier alpha value is -4.04. The zero-order valence-corrected chi connectivity index (χ0v) is 31.0. The van der Waals surface area contributed by atoms with Crippen LogP contribution in [0.15, 0.2) is 60.2 Å². The molecule has 4 aromatic carbocycles. The molecule has 50 heavy (non-hydrogen) atoms. The van der Waals surface area contributed by atoms with Gasteiger partial charge in [-0.2, -0.15) is 0 Å². The molecule has 2 aliphatic rings. The Labute approximate surface area is 299 Å². The zero-order chi connectivity index (χ0) is 35.1. The fourth-order valence-corrected chi connectivity index (χ4v) is 8.82. The van der Waals surface area contributed by atoms with Crippen LogP contribution in [0.1, 0.15) is 97.8 Å². The summed E-state index contributed by atoms with van der Waals surface area (Å²) in [5.74, 6) is -0.0181. The lowest BCUT2D eigenvalue weighted by Gasteiger charge is -2.22. The molecule has 0 radical (unpaired) electrons. The second-order valence-corrected chi connectivity index (χ2v) is 14.9. The molecule has 0 spiro atoms. The predicted molar refractivity (Wildman–Crippen MR) is 211 cm³/mol. The summed E-state index contributed by atoms with van der Waals surface area (Å²) in [5, 5.41) is 20.1. The lowest BCUT2D eigenvalue weighted by atomic mass is 9.83. The Kier molecular flexibility index (Phi) is 9.84. The zero-order valence-electron chi connectivity index (χ0n) is 29.5. The number of unbranched alkanes of at least 4 members (excludes halogenated alkanes) is 9. The van der Waals surface area contributed by atoms with Gasteiger partial charge in [-0.25, -0.2) is 0 Å². The second-order valence-electron chi connectivity index (χ2n) is 14.0. The van der Waals surface area contributed by atoms with Crippen molar-refractivity contribution in [1.29, 1.82) is 0 Å². The molecule has 1 aliphatic carbocycles. The Morgan fingerprint density at radius 1 is 0.580 bits per heavy atom. The summed E-state index contributed by atoms with van der Waals surface area (Å²) in [6.45, 7) is 7.97. The number of pyridine rings is 2. The van der Waals surface area contributed by atoms with Crippen LogP contribution in [0.2, 0.25) is 0 Å². The van der Waals surface area contributed by atoms with Crippen LogP contribution >= 0.6 is 15.9 Å².